The number of anilines is 1. The number of rotatable bonds is 4. The van der Waals surface area contributed by atoms with Crippen LogP contribution in [0, 0.1) is 5.92 Å². The first kappa shape index (κ1) is 13.8. The van der Waals surface area contributed by atoms with E-state index in [0.29, 0.717) is 18.5 Å². The number of hydrogen-bond donors (Lipinski definition) is 1. The van der Waals surface area contributed by atoms with E-state index in [2.05, 4.69) is 32.6 Å². The molecule has 3 unspecified atom stereocenters. The van der Waals surface area contributed by atoms with Gasteiger partial charge in [0.2, 0.25) is 0 Å². The van der Waals surface area contributed by atoms with E-state index in [1.807, 2.05) is 0 Å². The van der Waals surface area contributed by atoms with E-state index in [9.17, 15) is 0 Å². The monoisotopic (exact) mass is 267 g/mol. The van der Waals surface area contributed by atoms with Crippen molar-refractivity contribution >= 4 is 16.5 Å². The second-order valence-corrected chi connectivity index (χ2v) is 6.72. The summed E-state index contributed by atoms with van der Waals surface area (Å²) in [6.45, 7) is 10.8. The topological polar surface area (TPSA) is 42.2 Å². The van der Waals surface area contributed by atoms with Crippen LogP contribution in [0.5, 0.6) is 0 Å². The maximum atomic E-state index is 5.87. The van der Waals surface area contributed by atoms with E-state index in [1.165, 1.54) is 22.1 Å². The Morgan fingerprint density at radius 2 is 2.22 bits per heavy atom. The third-order valence-corrected chi connectivity index (χ3v) is 5.14. The predicted molar refractivity (Wildman–Crippen MR) is 79.3 cm³/mol. The molecule has 102 valence electrons. The minimum atomic E-state index is 0.517. The Kier molecular flexibility index (Phi) is 4.28. The molecule has 1 aliphatic heterocycles. The van der Waals surface area contributed by atoms with Crippen LogP contribution in [0.4, 0.5) is 5.13 Å². The summed E-state index contributed by atoms with van der Waals surface area (Å²) < 4.78 is 0. The van der Waals surface area contributed by atoms with Crippen molar-refractivity contribution in [1.29, 1.82) is 0 Å². The van der Waals surface area contributed by atoms with E-state index in [1.54, 1.807) is 11.3 Å². The smallest absolute Gasteiger partial charge is 0.186 e. The first-order valence-corrected chi connectivity index (χ1v) is 7.84. The fourth-order valence-electron chi connectivity index (χ4n) is 2.76. The lowest BCUT2D eigenvalue weighted by Gasteiger charge is -2.20. The quantitative estimate of drug-likeness (QED) is 0.909. The molecule has 0 aromatic carbocycles. The van der Waals surface area contributed by atoms with E-state index in [4.69, 9.17) is 10.7 Å². The maximum Gasteiger partial charge on any atom is 0.186 e. The van der Waals surface area contributed by atoms with Crippen LogP contribution in [-0.4, -0.2) is 17.6 Å². The Balaban J connectivity index is 2.27. The van der Waals surface area contributed by atoms with Gasteiger partial charge >= 0.3 is 0 Å². The lowest BCUT2D eigenvalue weighted by Crippen LogP contribution is -2.26. The van der Waals surface area contributed by atoms with E-state index >= 15 is 0 Å². The third-order valence-electron chi connectivity index (χ3n) is 4.01. The van der Waals surface area contributed by atoms with Crippen LogP contribution >= 0.6 is 11.3 Å². The number of nitrogens with zero attached hydrogens (tertiary/aromatic N) is 2. The van der Waals surface area contributed by atoms with Crippen molar-refractivity contribution in [2.24, 2.45) is 11.7 Å². The third kappa shape index (κ3) is 2.54. The minimum Gasteiger partial charge on any atom is -0.345 e. The SMILES string of the molecule is CCC(C)c1nc(N2CC(C)CC2C)sc1CN. The summed E-state index contributed by atoms with van der Waals surface area (Å²) in [5.74, 6) is 1.29. The van der Waals surface area contributed by atoms with Crippen molar-refractivity contribution in [2.45, 2.75) is 59.0 Å². The molecule has 1 saturated heterocycles. The van der Waals surface area contributed by atoms with Crippen LogP contribution in [0.3, 0.4) is 0 Å². The number of aromatic nitrogens is 1. The minimum absolute atomic E-state index is 0.517. The zero-order valence-electron chi connectivity index (χ0n) is 11.9. The molecule has 2 heterocycles. The molecule has 1 fully saturated rings. The molecule has 0 aliphatic carbocycles. The van der Waals surface area contributed by atoms with Gasteiger partial charge in [0, 0.05) is 24.0 Å². The highest BCUT2D eigenvalue weighted by molar-refractivity contribution is 7.15. The molecule has 4 heteroatoms. The van der Waals surface area contributed by atoms with Gasteiger partial charge in [-0.15, -0.1) is 11.3 Å². The molecule has 1 aromatic heterocycles. The molecule has 2 N–H and O–H groups in total. The average Bonchev–Trinajstić information content (AvgIpc) is 2.91. The fraction of sp³-hybridized carbons (Fsp3) is 0.786. The summed E-state index contributed by atoms with van der Waals surface area (Å²) in [5, 5.41) is 1.18. The predicted octanol–water partition coefficient (Wildman–Crippen LogP) is 3.35. The summed E-state index contributed by atoms with van der Waals surface area (Å²) in [4.78, 5) is 8.61. The van der Waals surface area contributed by atoms with Gasteiger partial charge in [0.05, 0.1) is 5.69 Å². The Morgan fingerprint density at radius 1 is 1.50 bits per heavy atom. The van der Waals surface area contributed by atoms with Gasteiger partial charge < -0.3 is 10.6 Å². The van der Waals surface area contributed by atoms with Crippen LogP contribution < -0.4 is 10.6 Å². The highest BCUT2D eigenvalue weighted by Gasteiger charge is 2.29. The molecular formula is C14H25N3S. The summed E-state index contributed by atoms with van der Waals surface area (Å²) in [5.41, 5.74) is 7.10. The van der Waals surface area contributed by atoms with Gasteiger partial charge in [0.15, 0.2) is 5.13 Å². The van der Waals surface area contributed by atoms with Crippen LogP contribution in [-0.2, 0) is 6.54 Å². The molecule has 3 atom stereocenters. The summed E-state index contributed by atoms with van der Waals surface area (Å²) >= 11 is 1.80. The molecule has 0 amide bonds. The van der Waals surface area contributed by atoms with E-state index in [-0.39, 0.29) is 0 Å². The molecule has 0 saturated carbocycles. The van der Waals surface area contributed by atoms with Crippen molar-refractivity contribution < 1.29 is 0 Å². The van der Waals surface area contributed by atoms with Crippen molar-refractivity contribution in [1.82, 2.24) is 4.98 Å². The Labute approximate surface area is 114 Å². The van der Waals surface area contributed by atoms with Crippen LogP contribution in [0.2, 0.25) is 0 Å². The lowest BCUT2D eigenvalue weighted by molar-refractivity contribution is 0.625. The number of thiazole rings is 1. The lowest BCUT2D eigenvalue weighted by atomic mass is 10.0. The van der Waals surface area contributed by atoms with Crippen molar-refractivity contribution in [3.05, 3.63) is 10.6 Å². The molecule has 0 bridgehead atoms. The van der Waals surface area contributed by atoms with Crippen LogP contribution in [0.25, 0.3) is 0 Å². The molecule has 1 aromatic rings. The van der Waals surface area contributed by atoms with Gasteiger partial charge in [-0.3, -0.25) is 0 Å². The second-order valence-electron chi connectivity index (χ2n) is 5.66. The number of hydrogen-bond acceptors (Lipinski definition) is 4. The summed E-state index contributed by atoms with van der Waals surface area (Å²) in [6, 6.07) is 0.613. The fourth-order valence-corrected chi connectivity index (χ4v) is 3.94. The second kappa shape index (κ2) is 5.57. The molecule has 18 heavy (non-hydrogen) atoms. The van der Waals surface area contributed by atoms with Gasteiger partial charge in [0.25, 0.3) is 0 Å². The van der Waals surface area contributed by atoms with Crippen molar-refractivity contribution in [3.8, 4) is 0 Å². The number of nitrogens with two attached hydrogens (primary N) is 1. The van der Waals surface area contributed by atoms with Crippen molar-refractivity contribution in [2.75, 3.05) is 11.4 Å². The van der Waals surface area contributed by atoms with Gasteiger partial charge in [-0.25, -0.2) is 4.98 Å². The molecular weight excluding hydrogens is 242 g/mol. The first-order valence-electron chi connectivity index (χ1n) is 7.03. The normalized spacial score (nSPS) is 25.7. The average molecular weight is 267 g/mol. The molecule has 0 spiro atoms. The zero-order valence-corrected chi connectivity index (χ0v) is 12.8. The van der Waals surface area contributed by atoms with E-state index in [0.717, 1.165) is 18.9 Å². The summed E-state index contributed by atoms with van der Waals surface area (Å²) in [7, 11) is 0. The standard InChI is InChI=1S/C14H25N3S/c1-5-10(3)13-12(7-15)18-14(16-13)17-8-9(2)6-11(17)4/h9-11H,5-8,15H2,1-4H3. The van der Waals surface area contributed by atoms with Gasteiger partial charge in [-0.05, 0) is 31.6 Å². The van der Waals surface area contributed by atoms with Gasteiger partial charge in [0.1, 0.15) is 0 Å². The Bertz CT molecular complexity index is 402. The van der Waals surface area contributed by atoms with Gasteiger partial charge in [-0.2, -0.15) is 0 Å². The molecule has 3 nitrogen and oxygen atoms in total. The van der Waals surface area contributed by atoms with E-state index < -0.39 is 0 Å². The molecule has 0 radical (unpaired) electrons. The molecule has 2 rings (SSSR count). The first-order chi connectivity index (χ1) is 8.56. The largest absolute Gasteiger partial charge is 0.345 e. The maximum absolute atomic E-state index is 5.87. The summed E-state index contributed by atoms with van der Waals surface area (Å²) in [6.07, 6.45) is 2.40. The Hall–Kier alpha value is -0.610. The highest BCUT2D eigenvalue weighted by atomic mass is 32.1. The zero-order chi connectivity index (χ0) is 13.3. The Morgan fingerprint density at radius 3 is 2.72 bits per heavy atom. The van der Waals surface area contributed by atoms with Crippen molar-refractivity contribution in [3.63, 3.8) is 0 Å². The van der Waals surface area contributed by atoms with Crippen LogP contribution in [0.15, 0.2) is 0 Å². The molecule has 1 aliphatic rings. The van der Waals surface area contributed by atoms with Gasteiger partial charge in [-0.1, -0.05) is 20.8 Å². The van der Waals surface area contributed by atoms with Crippen LogP contribution in [0.1, 0.15) is 57.0 Å². The highest BCUT2D eigenvalue weighted by Crippen LogP contribution is 2.36.